The Morgan fingerprint density at radius 1 is 1.59 bits per heavy atom. The van der Waals surface area contributed by atoms with Crippen LogP contribution in [-0.4, -0.2) is 42.2 Å². The maximum absolute atomic E-state index is 13.0. The van der Waals surface area contributed by atoms with Crippen molar-refractivity contribution in [2.45, 2.75) is 12.5 Å². The molecular formula is C12H15FN2O2. The highest BCUT2D eigenvalue weighted by Crippen LogP contribution is 2.20. The molecule has 1 aliphatic rings. The number of carbonyl (C=O) groups is 1. The van der Waals surface area contributed by atoms with Crippen molar-refractivity contribution >= 4 is 11.7 Å². The van der Waals surface area contributed by atoms with Crippen LogP contribution in [0.15, 0.2) is 18.2 Å². The molecule has 0 radical (unpaired) electrons. The van der Waals surface area contributed by atoms with Gasteiger partial charge in [-0.15, -0.1) is 0 Å². The summed E-state index contributed by atoms with van der Waals surface area (Å²) in [4.78, 5) is 13.2. The summed E-state index contributed by atoms with van der Waals surface area (Å²) in [7, 11) is 2.02. The highest BCUT2D eigenvalue weighted by atomic mass is 19.1. The minimum atomic E-state index is -1.11. The maximum Gasteiger partial charge on any atom is 0.337 e. The first-order valence-corrected chi connectivity index (χ1v) is 5.54. The highest BCUT2D eigenvalue weighted by molar-refractivity contribution is 5.94. The second-order valence-corrected chi connectivity index (χ2v) is 4.39. The van der Waals surface area contributed by atoms with Gasteiger partial charge in [0.2, 0.25) is 0 Å². The average molecular weight is 238 g/mol. The van der Waals surface area contributed by atoms with Crippen molar-refractivity contribution in [2.75, 3.05) is 25.5 Å². The summed E-state index contributed by atoms with van der Waals surface area (Å²) in [6.07, 6.45) is 0.965. The van der Waals surface area contributed by atoms with Gasteiger partial charge in [-0.25, -0.2) is 9.18 Å². The number of carboxylic acid groups (broad SMARTS) is 1. The lowest BCUT2D eigenvalue weighted by Gasteiger charge is -2.16. The number of likely N-dealkylation sites (tertiary alicyclic amines) is 1. The number of nitrogens with zero attached hydrogens (tertiary/aromatic N) is 1. The smallest absolute Gasteiger partial charge is 0.337 e. The third-order valence-corrected chi connectivity index (χ3v) is 2.96. The quantitative estimate of drug-likeness (QED) is 0.840. The third kappa shape index (κ3) is 2.74. The van der Waals surface area contributed by atoms with Gasteiger partial charge in [0.15, 0.2) is 0 Å². The van der Waals surface area contributed by atoms with Gasteiger partial charge in [-0.3, -0.25) is 0 Å². The van der Waals surface area contributed by atoms with Crippen LogP contribution in [-0.2, 0) is 0 Å². The predicted octanol–water partition coefficient (Wildman–Crippen LogP) is 1.64. The van der Waals surface area contributed by atoms with E-state index in [4.69, 9.17) is 5.11 Å². The first-order chi connectivity index (χ1) is 8.06. The molecule has 0 spiro atoms. The molecule has 1 aromatic carbocycles. The number of carboxylic acids is 1. The SMILES string of the molecule is CN1CCC(Nc2ccc(F)cc2C(=O)O)C1. The third-order valence-electron chi connectivity index (χ3n) is 2.96. The summed E-state index contributed by atoms with van der Waals surface area (Å²) < 4.78 is 13.0. The summed E-state index contributed by atoms with van der Waals surface area (Å²) in [6, 6.07) is 4.03. The molecule has 1 saturated heterocycles. The van der Waals surface area contributed by atoms with Gasteiger partial charge in [-0.05, 0) is 38.2 Å². The Hall–Kier alpha value is -1.62. The molecule has 1 heterocycles. The molecule has 1 aliphatic heterocycles. The van der Waals surface area contributed by atoms with Crippen LogP contribution in [0, 0.1) is 5.82 Å². The Labute approximate surface area is 99.0 Å². The van der Waals surface area contributed by atoms with E-state index in [1.807, 2.05) is 7.05 Å². The minimum absolute atomic E-state index is 0.0143. The summed E-state index contributed by atoms with van der Waals surface area (Å²) >= 11 is 0. The molecule has 0 amide bonds. The number of hydrogen-bond donors (Lipinski definition) is 2. The van der Waals surface area contributed by atoms with Crippen LogP contribution >= 0.6 is 0 Å². The number of halogens is 1. The molecule has 0 saturated carbocycles. The summed E-state index contributed by atoms with van der Waals surface area (Å²) in [5.74, 6) is -1.64. The molecule has 0 bridgehead atoms. The topological polar surface area (TPSA) is 52.6 Å². The fraction of sp³-hybridized carbons (Fsp3) is 0.417. The van der Waals surface area contributed by atoms with E-state index < -0.39 is 11.8 Å². The average Bonchev–Trinajstić information content (AvgIpc) is 2.66. The second kappa shape index (κ2) is 4.71. The molecule has 1 aromatic rings. The predicted molar refractivity (Wildman–Crippen MR) is 62.9 cm³/mol. The van der Waals surface area contributed by atoms with E-state index in [0.717, 1.165) is 25.6 Å². The fourth-order valence-electron chi connectivity index (χ4n) is 2.09. The molecule has 1 unspecified atom stereocenters. The van der Waals surface area contributed by atoms with Crippen molar-refractivity contribution in [1.82, 2.24) is 4.90 Å². The van der Waals surface area contributed by atoms with E-state index in [-0.39, 0.29) is 11.6 Å². The Kier molecular flexibility index (Phi) is 3.28. The van der Waals surface area contributed by atoms with Crippen LogP contribution in [0.5, 0.6) is 0 Å². The number of anilines is 1. The lowest BCUT2D eigenvalue weighted by Crippen LogP contribution is -2.24. The van der Waals surface area contributed by atoms with Gasteiger partial charge in [0.25, 0.3) is 0 Å². The first kappa shape index (κ1) is 11.9. The maximum atomic E-state index is 13.0. The largest absolute Gasteiger partial charge is 0.478 e. The fourth-order valence-corrected chi connectivity index (χ4v) is 2.09. The number of likely N-dealkylation sites (N-methyl/N-ethyl adjacent to an activating group) is 1. The van der Waals surface area contributed by atoms with Gasteiger partial charge < -0.3 is 15.3 Å². The monoisotopic (exact) mass is 238 g/mol. The Balaban J connectivity index is 2.17. The van der Waals surface area contributed by atoms with Crippen LogP contribution in [0.1, 0.15) is 16.8 Å². The van der Waals surface area contributed by atoms with E-state index in [9.17, 15) is 9.18 Å². The van der Waals surface area contributed by atoms with E-state index in [0.29, 0.717) is 5.69 Å². The van der Waals surface area contributed by atoms with Crippen LogP contribution in [0.4, 0.5) is 10.1 Å². The first-order valence-electron chi connectivity index (χ1n) is 5.54. The Bertz CT molecular complexity index is 437. The second-order valence-electron chi connectivity index (χ2n) is 4.39. The van der Waals surface area contributed by atoms with Crippen molar-refractivity contribution in [3.8, 4) is 0 Å². The molecule has 4 nitrogen and oxygen atoms in total. The van der Waals surface area contributed by atoms with Crippen molar-refractivity contribution in [3.05, 3.63) is 29.6 Å². The molecule has 5 heteroatoms. The van der Waals surface area contributed by atoms with Gasteiger partial charge in [-0.1, -0.05) is 0 Å². The lowest BCUT2D eigenvalue weighted by molar-refractivity contribution is 0.0697. The molecule has 1 fully saturated rings. The van der Waals surface area contributed by atoms with Gasteiger partial charge >= 0.3 is 5.97 Å². The number of nitrogens with one attached hydrogen (secondary N) is 1. The van der Waals surface area contributed by atoms with Gasteiger partial charge in [0.1, 0.15) is 5.82 Å². The van der Waals surface area contributed by atoms with Crippen molar-refractivity contribution in [2.24, 2.45) is 0 Å². The van der Waals surface area contributed by atoms with Crippen molar-refractivity contribution in [3.63, 3.8) is 0 Å². The molecule has 0 aromatic heterocycles. The molecule has 0 aliphatic carbocycles. The van der Waals surface area contributed by atoms with E-state index in [2.05, 4.69) is 10.2 Å². The van der Waals surface area contributed by atoms with Crippen LogP contribution in [0.3, 0.4) is 0 Å². The van der Waals surface area contributed by atoms with Gasteiger partial charge in [0, 0.05) is 18.3 Å². The van der Waals surface area contributed by atoms with Crippen molar-refractivity contribution < 1.29 is 14.3 Å². The van der Waals surface area contributed by atoms with E-state index in [1.54, 1.807) is 0 Å². The molecule has 1 atom stereocenters. The zero-order chi connectivity index (χ0) is 12.4. The zero-order valence-electron chi connectivity index (χ0n) is 9.61. The highest BCUT2D eigenvalue weighted by Gasteiger charge is 2.21. The number of hydrogen-bond acceptors (Lipinski definition) is 3. The number of aromatic carboxylic acids is 1. The molecular weight excluding hydrogens is 223 g/mol. The van der Waals surface area contributed by atoms with Gasteiger partial charge in [-0.2, -0.15) is 0 Å². The van der Waals surface area contributed by atoms with Crippen LogP contribution in [0.2, 0.25) is 0 Å². The summed E-state index contributed by atoms with van der Waals surface area (Å²) in [5, 5.41) is 12.2. The van der Waals surface area contributed by atoms with Crippen molar-refractivity contribution in [1.29, 1.82) is 0 Å². The summed E-state index contributed by atoms with van der Waals surface area (Å²) in [5.41, 5.74) is 0.471. The Morgan fingerprint density at radius 3 is 2.94 bits per heavy atom. The zero-order valence-corrected chi connectivity index (χ0v) is 9.61. The normalized spacial score (nSPS) is 20.5. The summed E-state index contributed by atoms with van der Waals surface area (Å²) in [6.45, 7) is 1.86. The van der Waals surface area contributed by atoms with Crippen LogP contribution < -0.4 is 5.32 Å². The number of benzene rings is 1. The molecule has 2 rings (SSSR count). The lowest BCUT2D eigenvalue weighted by atomic mass is 10.1. The number of rotatable bonds is 3. The standard InChI is InChI=1S/C12H15FN2O2/c1-15-5-4-9(7-15)14-11-3-2-8(13)6-10(11)12(16)17/h2-3,6,9,14H,4-5,7H2,1H3,(H,16,17). The van der Waals surface area contributed by atoms with E-state index in [1.165, 1.54) is 12.1 Å². The molecule has 2 N–H and O–H groups in total. The molecule has 17 heavy (non-hydrogen) atoms. The van der Waals surface area contributed by atoms with Gasteiger partial charge in [0.05, 0.1) is 5.56 Å². The molecule has 92 valence electrons. The Morgan fingerprint density at radius 2 is 2.35 bits per heavy atom. The van der Waals surface area contributed by atoms with Crippen LogP contribution in [0.25, 0.3) is 0 Å². The minimum Gasteiger partial charge on any atom is -0.478 e. The van der Waals surface area contributed by atoms with E-state index >= 15 is 0 Å².